The van der Waals surface area contributed by atoms with Crippen LogP contribution in [0.4, 0.5) is 0 Å². The maximum atomic E-state index is 12.3. The summed E-state index contributed by atoms with van der Waals surface area (Å²) in [4.78, 5) is 12.3. The number of hydrogen-bond acceptors (Lipinski definition) is 6. The fourth-order valence-corrected chi connectivity index (χ4v) is 3.26. The van der Waals surface area contributed by atoms with Crippen molar-refractivity contribution in [2.45, 2.75) is 51.8 Å². The van der Waals surface area contributed by atoms with Gasteiger partial charge in [-0.15, -0.1) is 0 Å². The van der Waals surface area contributed by atoms with Crippen molar-refractivity contribution in [3.63, 3.8) is 0 Å². The quantitative estimate of drug-likeness (QED) is 0.495. The van der Waals surface area contributed by atoms with Gasteiger partial charge in [-0.1, -0.05) is 42.5 Å². The van der Waals surface area contributed by atoms with E-state index < -0.39 is 15.7 Å². The smallest absolute Gasteiger partial charge is 0.307 e. The average Bonchev–Trinajstić information content (AvgIpc) is 2.59. The molecule has 1 unspecified atom stereocenters. The summed E-state index contributed by atoms with van der Waals surface area (Å²) in [5.41, 5.74) is 1.55. The molecule has 0 radical (unpaired) electrons. The van der Waals surface area contributed by atoms with Gasteiger partial charge < -0.3 is 14.2 Å². The number of ether oxygens (including phenoxy) is 1. The topological polar surface area (TPSA) is 81.7 Å². The van der Waals surface area contributed by atoms with Crippen LogP contribution in [0.5, 0.6) is 5.75 Å². The first-order valence-electron chi connectivity index (χ1n) is 9.48. The van der Waals surface area contributed by atoms with Gasteiger partial charge in [0.15, 0.2) is 0 Å². The number of hydrogen-bond donors (Lipinski definition) is 1. The van der Waals surface area contributed by atoms with E-state index in [1.165, 1.54) is 0 Å². The van der Waals surface area contributed by atoms with Gasteiger partial charge in [0.25, 0.3) is 0 Å². The van der Waals surface area contributed by atoms with E-state index in [9.17, 15) is 13.2 Å². The molecule has 2 rings (SSSR count). The first kappa shape index (κ1) is 22.9. The lowest BCUT2D eigenvalue weighted by Gasteiger charge is -2.23. The summed E-state index contributed by atoms with van der Waals surface area (Å²) in [5.74, 6) is -0.00252. The van der Waals surface area contributed by atoms with E-state index in [1.54, 1.807) is 24.3 Å². The second kappa shape index (κ2) is 9.89. The van der Waals surface area contributed by atoms with Gasteiger partial charge in [-0.25, -0.2) is 0 Å². The number of benzene rings is 2. The zero-order valence-electron chi connectivity index (χ0n) is 17.3. The predicted molar refractivity (Wildman–Crippen MR) is 113 cm³/mol. The standard InChI is InChI=1S/C22H29NO5S/c1-22(2,3)27-21(24)15-19(23-16-18-8-6-5-7-9-18)14-17-10-12-20(13-11-17)28-29(4,25)26/h5-13,19,23H,14-16H2,1-4H3. The van der Waals surface area contributed by atoms with Crippen LogP contribution >= 0.6 is 0 Å². The minimum atomic E-state index is -3.56. The molecule has 1 atom stereocenters. The van der Waals surface area contributed by atoms with Crippen molar-refractivity contribution in [3.05, 3.63) is 65.7 Å². The zero-order valence-corrected chi connectivity index (χ0v) is 18.2. The summed E-state index contributed by atoms with van der Waals surface area (Å²) in [5, 5.41) is 3.43. The Morgan fingerprint density at radius 3 is 2.17 bits per heavy atom. The second-order valence-electron chi connectivity index (χ2n) is 7.99. The molecule has 0 aliphatic rings. The monoisotopic (exact) mass is 419 g/mol. The van der Waals surface area contributed by atoms with Gasteiger partial charge in [-0.3, -0.25) is 4.79 Å². The Morgan fingerprint density at radius 2 is 1.62 bits per heavy atom. The predicted octanol–water partition coefficient (Wildman–Crippen LogP) is 3.46. The van der Waals surface area contributed by atoms with Crippen LogP contribution in [0, 0.1) is 0 Å². The lowest BCUT2D eigenvalue weighted by atomic mass is 10.0. The van der Waals surface area contributed by atoms with Gasteiger partial charge in [-0.2, -0.15) is 8.42 Å². The van der Waals surface area contributed by atoms with Crippen LogP contribution in [0.25, 0.3) is 0 Å². The highest BCUT2D eigenvalue weighted by Crippen LogP contribution is 2.17. The molecule has 0 bridgehead atoms. The highest BCUT2D eigenvalue weighted by Gasteiger charge is 2.21. The van der Waals surface area contributed by atoms with E-state index in [0.29, 0.717) is 13.0 Å². The maximum absolute atomic E-state index is 12.3. The lowest BCUT2D eigenvalue weighted by Crippen LogP contribution is -2.35. The Kier molecular flexibility index (Phi) is 7.81. The third kappa shape index (κ3) is 9.58. The van der Waals surface area contributed by atoms with Crippen molar-refractivity contribution in [3.8, 4) is 5.75 Å². The molecule has 0 spiro atoms. The Bertz CT molecular complexity index is 887. The highest BCUT2D eigenvalue weighted by molar-refractivity contribution is 7.86. The van der Waals surface area contributed by atoms with E-state index in [0.717, 1.165) is 17.4 Å². The number of nitrogens with one attached hydrogen (secondary N) is 1. The Labute approximate surface area is 173 Å². The van der Waals surface area contributed by atoms with Crippen LogP contribution in [0.1, 0.15) is 38.3 Å². The van der Waals surface area contributed by atoms with Crippen LogP contribution in [0.2, 0.25) is 0 Å². The molecule has 0 heterocycles. The van der Waals surface area contributed by atoms with E-state index >= 15 is 0 Å². The molecule has 6 nitrogen and oxygen atoms in total. The van der Waals surface area contributed by atoms with E-state index in [4.69, 9.17) is 8.92 Å². The molecule has 7 heteroatoms. The van der Waals surface area contributed by atoms with Gasteiger partial charge in [0, 0.05) is 12.6 Å². The average molecular weight is 420 g/mol. The summed E-state index contributed by atoms with van der Waals surface area (Å²) < 4.78 is 32.8. The largest absolute Gasteiger partial charge is 0.460 e. The van der Waals surface area contributed by atoms with Gasteiger partial charge in [0.2, 0.25) is 0 Å². The third-order valence-electron chi connectivity index (χ3n) is 3.92. The molecule has 0 fully saturated rings. The molecule has 1 N–H and O–H groups in total. The zero-order chi connectivity index (χ0) is 21.5. The second-order valence-corrected chi connectivity index (χ2v) is 9.56. The molecular weight excluding hydrogens is 390 g/mol. The van der Waals surface area contributed by atoms with Crippen molar-refractivity contribution in [1.29, 1.82) is 0 Å². The number of esters is 1. The summed E-state index contributed by atoms with van der Waals surface area (Å²) in [6, 6.07) is 16.6. The fourth-order valence-electron chi connectivity index (χ4n) is 2.80. The Hall–Kier alpha value is -2.38. The summed E-state index contributed by atoms with van der Waals surface area (Å²) in [7, 11) is -3.56. The molecule has 0 saturated carbocycles. The van der Waals surface area contributed by atoms with Crippen molar-refractivity contribution >= 4 is 16.1 Å². The number of rotatable bonds is 9. The van der Waals surface area contributed by atoms with E-state index in [-0.39, 0.29) is 24.2 Å². The molecular formula is C22H29NO5S. The minimum absolute atomic E-state index is 0.133. The molecule has 0 aromatic heterocycles. The van der Waals surface area contributed by atoms with Crippen molar-refractivity contribution < 1.29 is 22.1 Å². The minimum Gasteiger partial charge on any atom is -0.460 e. The van der Waals surface area contributed by atoms with Crippen LogP contribution in [-0.4, -0.2) is 32.3 Å². The Balaban J connectivity index is 2.06. The van der Waals surface area contributed by atoms with Crippen molar-refractivity contribution in [2.24, 2.45) is 0 Å². The number of carbonyl (C=O) groups excluding carboxylic acids is 1. The molecule has 0 saturated heterocycles. The van der Waals surface area contributed by atoms with E-state index in [2.05, 4.69) is 5.32 Å². The molecule has 0 aliphatic carbocycles. The van der Waals surface area contributed by atoms with E-state index in [1.807, 2.05) is 51.1 Å². The first-order chi connectivity index (χ1) is 13.5. The summed E-state index contributed by atoms with van der Waals surface area (Å²) >= 11 is 0. The summed E-state index contributed by atoms with van der Waals surface area (Å²) in [6.45, 7) is 6.16. The van der Waals surface area contributed by atoms with Gasteiger partial charge in [-0.05, 0) is 50.5 Å². The number of carbonyl (C=O) groups is 1. The van der Waals surface area contributed by atoms with Crippen LogP contribution in [0.15, 0.2) is 54.6 Å². The Morgan fingerprint density at radius 1 is 1.00 bits per heavy atom. The van der Waals surface area contributed by atoms with Gasteiger partial charge >= 0.3 is 16.1 Å². The van der Waals surface area contributed by atoms with Crippen LogP contribution in [0.3, 0.4) is 0 Å². The molecule has 158 valence electrons. The first-order valence-corrected chi connectivity index (χ1v) is 11.3. The normalized spacial score (nSPS) is 13.0. The van der Waals surface area contributed by atoms with Crippen molar-refractivity contribution in [1.82, 2.24) is 5.32 Å². The van der Waals surface area contributed by atoms with Gasteiger partial charge in [0.05, 0.1) is 12.7 Å². The summed E-state index contributed by atoms with van der Waals surface area (Å²) in [6.07, 6.45) is 1.82. The van der Waals surface area contributed by atoms with Crippen LogP contribution < -0.4 is 9.50 Å². The van der Waals surface area contributed by atoms with Gasteiger partial charge in [0.1, 0.15) is 11.4 Å². The maximum Gasteiger partial charge on any atom is 0.307 e. The molecule has 2 aromatic carbocycles. The third-order valence-corrected chi connectivity index (χ3v) is 4.42. The molecule has 0 amide bonds. The fraction of sp³-hybridized carbons (Fsp3) is 0.409. The molecule has 29 heavy (non-hydrogen) atoms. The van der Waals surface area contributed by atoms with Crippen LogP contribution in [-0.2, 0) is 32.6 Å². The molecule has 2 aromatic rings. The SMILES string of the molecule is CC(C)(C)OC(=O)CC(Cc1ccc(OS(C)(=O)=O)cc1)NCc1ccccc1. The molecule has 0 aliphatic heterocycles. The highest BCUT2D eigenvalue weighted by atomic mass is 32.2. The van der Waals surface area contributed by atoms with Crippen molar-refractivity contribution in [2.75, 3.05) is 6.26 Å². The lowest BCUT2D eigenvalue weighted by molar-refractivity contribution is -0.155.